The Labute approximate surface area is 126 Å². The molecular formula is C15H12ClFN4. The minimum absolute atomic E-state index is 0.189. The molecule has 3 rings (SSSR count). The average molecular weight is 303 g/mol. The van der Waals surface area contributed by atoms with Gasteiger partial charge in [-0.15, -0.1) is 5.10 Å². The Morgan fingerprint density at radius 1 is 1.10 bits per heavy atom. The fourth-order valence-electron chi connectivity index (χ4n) is 2.17. The van der Waals surface area contributed by atoms with Crippen molar-refractivity contribution in [3.05, 3.63) is 65.1 Å². The van der Waals surface area contributed by atoms with Crippen LogP contribution in [0.2, 0.25) is 5.02 Å². The van der Waals surface area contributed by atoms with E-state index in [0.29, 0.717) is 27.7 Å². The number of hydrogen-bond acceptors (Lipinski definition) is 3. The molecule has 2 aromatic carbocycles. The molecule has 0 radical (unpaired) electrons. The molecule has 0 saturated heterocycles. The zero-order chi connectivity index (χ0) is 14.8. The predicted octanol–water partition coefficient (Wildman–Crippen LogP) is 3.19. The second-order valence-electron chi connectivity index (χ2n) is 4.43. The van der Waals surface area contributed by atoms with E-state index in [-0.39, 0.29) is 12.4 Å². The summed E-state index contributed by atoms with van der Waals surface area (Å²) in [6.07, 6.45) is 0. The van der Waals surface area contributed by atoms with Gasteiger partial charge >= 0.3 is 0 Å². The van der Waals surface area contributed by atoms with Crippen molar-refractivity contribution in [2.24, 2.45) is 5.73 Å². The van der Waals surface area contributed by atoms with Crippen molar-refractivity contribution in [3.8, 4) is 16.9 Å². The highest BCUT2D eigenvalue weighted by molar-refractivity contribution is 6.33. The van der Waals surface area contributed by atoms with E-state index in [2.05, 4.69) is 10.3 Å². The number of hydrogen-bond donors (Lipinski definition) is 1. The number of nitrogens with zero attached hydrogens (tertiary/aromatic N) is 3. The van der Waals surface area contributed by atoms with Crippen LogP contribution in [0.15, 0.2) is 48.5 Å². The van der Waals surface area contributed by atoms with Gasteiger partial charge in [0.1, 0.15) is 22.9 Å². The van der Waals surface area contributed by atoms with Gasteiger partial charge in [-0.2, -0.15) is 0 Å². The molecule has 0 spiro atoms. The number of rotatable bonds is 3. The van der Waals surface area contributed by atoms with E-state index < -0.39 is 0 Å². The molecule has 3 aromatic rings. The lowest BCUT2D eigenvalue weighted by atomic mass is 10.1. The molecule has 0 fully saturated rings. The van der Waals surface area contributed by atoms with Crippen molar-refractivity contribution in [1.82, 2.24) is 15.0 Å². The molecule has 0 amide bonds. The third-order valence-corrected chi connectivity index (χ3v) is 3.47. The minimum Gasteiger partial charge on any atom is -0.325 e. The smallest absolute Gasteiger partial charge is 0.148 e. The molecule has 21 heavy (non-hydrogen) atoms. The van der Waals surface area contributed by atoms with Crippen LogP contribution in [0, 0.1) is 5.82 Å². The van der Waals surface area contributed by atoms with Gasteiger partial charge in [0, 0.05) is 12.1 Å². The van der Waals surface area contributed by atoms with Crippen molar-refractivity contribution >= 4 is 11.6 Å². The van der Waals surface area contributed by atoms with Crippen LogP contribution in [0.25, 0.3) is 16.9 Å². The summed E-state index contributed by atoms with van der Waals surface area (Å²) >= 11 is 6.24. The minimum atomic E-state index is -0.390. The standard InChI is InChI=1S/C15H12ClFN4/c16-11-6-2-1-5-10(11)15-13(9-18)19-20-21(15)14-8-4-3-7-12(14)17/h1-8H,9,18H2. The van der Waals surface area contributed by atoms with Crippen LogP contribution >= 0.6 is 11.6 Å². The number of nitrogens with two attached hydrogens (primary N) is 1. The van der Waals surface area contributed by atoms with Gasteiger partial charge in [0.25, 0.3) is 0 Å². The first kappa shape index (κ1) is 13.7. The van der Waals surface area contributed by atoms with Crippen LogP contribution in [0.5, 0.6) is 0 Å². The molecule has 106 valence electrons. The van der Waals surface area contributed by atoms with Gasteiger partial charge in [-0.3, -0.25) is 0 Å². The number of aromatic nitrogens is 3. The Hall–Kier alpha value is -2.24. The normalized spacial score (nSPS) is 10.8. The maximum absolute atomic E-state index is 14.0. The molecule has 1 aromatic heterocycles. The fraction of sp³-hybridized carbons (Fsp3) is 0.0667. The summed E-state index contributed by atoms with van der Waals surface area (Å²) in [6, 6.07) is 13.6. The Morgan fingerprint density at radius 3 is 2.52 bits per heavy atom. The molecule has 6 heteroatoms. The average Bonchev–Trinajstić information content (AvgIpc) is 2.92. The van der Waals surface area contributed by atoms with Crippen LogP contribution in [0.4, 0.5) is 4.39 Å². The van der Waals surface area contributed by atoms with Crippen molar-refractivity contribution in [2.45, 2.75) is 6.54 Å². The zero-order valence-corrected chi connectivity index (χ0v) is 11.8. The predicted molar refractivity (Wildman–Crippen MR) is 79.7 cm³/mol. The van der Waals surface area contributed by atoms with E-state index in [9.17, 15) is 4.39 Å². The summed E-state index contributed by atoms with van der Waals surface area (Å²) in [5.41, 5.74) is 7.90. The monoisotopic (exact) mass is 302 g/mol. The Balaban J connectivity index is 2.28. The molecule has 0 saturated carbocycles. The van der Waals surface area contributed by atoms with Gasteiger partial charge in [-0.1, -0.05) is 47.1 Å². The van der Waals surface area contributed by atoms with Crippen LogP contribution in [-0.2, 0) is 6.54 Å². The van der Waals surface area contributed by atoms with E-state index in [1.165, 1.54) is 10.7 Å². The second kappa shape index (κ2) is 5.63. The van der Waals surface area contributed by atoms with Crippen molar-refractivity contribution < 1.29 is 4.39 Å². The summed E-state index contributed by atoms with van der Waals surface area (Å²) in [7, 11) is 0. The first-order valence-electron chi connectivity index (χ1n) is 6.37. The molecule has 0 aliphatic heterocycles. The molecule has 4 nitrogen and oxygen atoms in total. The lowest BCUT2D eigenvalue weighted by molar-refractivity contribution is 0.608. The van der Waals surface area contributed by atoms with E-state index >= 15 is 0 Å². The highest BCUT2D eigenvalue weighted by atomic mass is 35.5. The van der Waals surface area contributed by atoms with Gasteiger partial charge in [0.05, 0.1) is 5.02 Å². The van der Waals surface area contributed by atoms with E-state index in [1.807, 2.05) is 18.2 Å². The van der Waals surface area contributed by atoms with Gasteiger partial charge in [-0.25, -0.2) is 9.07 Å². The van der Waals surface area contributed by atoms with Crippen LogP contribution in [0.3, 0.4) is 0 Å². The van der Waals surface area contributed by atoms with E-state index in [4.69, 9.17) is 17.3 Å². The van der Waals surface area contributed by atoms with E-state index in [1.54, 1.807) is 24.3 Å². The van der Waals surface area contributed by atoms with E-state index in [0.717, 1.165) is 0 Å². The lowest BCUT2D eigenvalue weighted by Crippen LogP contribution is -2.04. The van der Waals surface area contributed by atoms with Crippen molar-refractivity contribution in [1.29, 1.82) is 0 Å². The molecule has 0 atom stereocenters. The maximum atomic E-state index is 14.0. The molecule has 1 heterocycles. The molecule has 0 bridgehead atoms. The number of benzene rings is 2. The molecule has 2 N–H and O–H groups in total. The van der Waals surface area contributed by atoms with Gasteiger partial charge in [0.15, 0.2) is 0 Å². The fourth-order valence-corrected chi connectivity index (χ4v) is 2.39. The Bertz CT molecular complexity index is 785. The second-order valence-corrected chi connectivity index (χ2v) is 4.84. The third kappa shape index (κ3) is 2.41. The molecular weight excluding hydrogens is 291 g/mol. The number of para-hydroxylation sites is 1. The summed E-state index contributed by atoms with van der Waals surface area (Å²) in [4.78, 5) is 0. The third-order valence-electron chi connectivity index (χ3n) is 3.14. The SMILES string of the molecule is NCc1nnn(-c2ccccc2F)c1-c1ccccc1Cl. The van der Waals surface area contributed by atoms with Crippen molar-refractivity contribution in [3.63, 3.8) is 0 Å². The van der Waals surface area contributed by atoms with Crippen LogP contribution in [-0.4, -0.2) is 15.0 Å². The number of halogens is 2. The summed E-state index contributed by atoms with van der Waals surface area (Å²) in [5.74, 6) is -0.390. The summed E-state index contributed by atoms with van der Waals surface area (Å²) in [6.45, 7) is 0.189. The van der Waals surface area contributed by atoms with Gasteiger partial charge in [-0.05, 0) is 18.2 Å². The molecule has 0 unspecified atom stereocenters. The quantitative estimate of drug-likeness (QED) is 0.808. The highest BCUT2D eigenvalue weighted by Gasteiger charge is 2.19. The van der Waals surface area contributed by atoms with Crippen LogP contribution in [0.1, 0.15) is 5.69 Å². The Kier molecular flexibility index (Phi) is 3.68. The highest BCUT2D eigenvalue weighted by Crippen LogP contribution is 2.31. The topological polar surface area (TPSA) is 56.7 Å². The first-order valence-corrected chi connectivity index (χ1v) is 6.74. The molecule has 0 aliphatic carbocycles. The lowest BCUT2D eigenvalue weighted by Gasteiger charge is -2.10. The van der Waals surface area contributed by atoms with Crippen LogP contribution < -0.4 is 5.73 Å². The summed E-state index contributed by atoms with van der Waals surface area (Å²) in [5, 5.41) is 8.59. The van der Waals surface area contributed by atoms with Crippen molar-refractivity contribution in [2.75, 3.05) is 0 Å². The zero-order valence-electron chi connectivity index (χ0n) is 11.0. The summed E-state index contributed by atoms with van der Waals surface area (Å²) < 4.78 is 15.5. The first-order chi connectivity index (χ1) is 10.2. The largest absolute Gasteiger partial charge is 0.325 e. The molecule has 0 aliphatic rings. The maximum Gasteiger partial charge on any atom is 0.148 e. The Morgan fingerprint density at radius 2 is 1.81 bits per heavy atom. The van der Waals surface area contributed by atoms with Gasteiger partial charge < -0.3 is 5.73 Å². The van der Waals surface area contributed by atoms with Gasteiger partial charge in [0.2, 0.25) is 0 Å².